The zero-order valence-corrected chi connectivity index (χ0v) is 9.05. The van der Waals surface area contributed by atoms with Gasteiger partial charge in [-0.3, -0.25) is 0 Å². The second-order valence-electron chi connectivity index (χ2n) is 3.11. The molecule has 0 aliphatic carbocycles. The van der Waals surface area contributed by atoms with Gasteiger partial charge in [0.15, 0.2) is 11.5 Å². The Morgan fingerprint density at radius 1 is 1.27 bits per heavy atom. The Kier molecular flexibility index (Phi) is 3.36. The highest BCUT2D eigenvalue weighted by Crippen LogP contribution is 2.33. The van der Waals surface area contributed by atoms with Crippen LogP contribution in [-0.4, -0.2) is 19.0 Å². The van der Waals surface area contributed by atoms with Gasteiger partial charge in [0.1, 0.15) is 0 Å². The summed E-state index contributed by atoms with van der Waals surface area (Å²) in [6.45, 7) is 1.40. The van der Waals surface area contributed by atoms with Crippen molar-refractivity contribution in [2.75, 3.05) is 19.0 Å². The molecule has 78 valence electrons. The van der Waals surface area contributed by atoms with Crippen LogP contribution < -0.4 is 9.47 Å². The first-order valence-corrected chi connectivity index (χ1v) is 5.78. The highest BCUT2D eigenvalue weighted by molar-refractivity contribution is 7.99. The number of hydrogen-bond donors (Lipinski definition) is 0. The van der Waals surface area contributed by atoms with Crippen molar-refractivity contribution in [3.05, 3.63) is 18.2 Å². The van der Waals surface area contributed by atoms with Crippen LogP contribution in [0.15, 0.2) is 23.1 Å². The zero-order chi connectivity index (χ0) is 10.5. The minimum absolute atomic E-state index is 0.458. The van der Waals surface area contributed by atoms with Crippen molar-refractivity contribution in [3.8, 4) is 17.6 Å². The summed E-state index contributed by atoms with van der Waals surface area (Å²) < 4.78 is 11.1. The molecule has 1 aliphatic rings. The molecule has 0 N–H and O–H groups in total. The molecule has 0 bridgehead atoms. The van der Waals surface area contributed by atoms with E-state index in [2.05, 4.69) is 6.07 Å². The van der Waals surface area contributed by atoms with Crippen molar-refractivity contribution in [2.45, 2.75) is 11.3 Å². The normalized spacial score (nSPS) is 14.1. The van der Waals surface area contributed by atoms with E-state index in [1.807, 2.05) is 18.2 Å². The fourth-order valence-electron chi connectivity index (χ4n) is 1.35. The maximum atomic E-state index is 8.48. The van der Waals surface area contributed by atoms with Crippen LogP contribution in [0.1, 0.15) is 6.42 Å². The van der Waals surface area contributed by atoms with Crippen LogP contribution in [0.5, 0.6) is 11.5 Å². The summed E-state index contributed by atoms with van der Waals surface area (Å²) in [6.07, 6.45) is 0.912. The molecule has 0 spiro atoms. The van der Waals surface area contributed by atoms with Gasteiger partial charge in [0, 0.05) is 11.3 Å². The minimum Gasteiger partial charge on any atom is -0.490 e. The molecule has 0 atom stereocenters. The van der Waals surface area contributed by atoms with Crippen molar-refractivity contribution in [3.63, 3.8) is 0 Å². The van der Waals surface area contributed by atoms with E-state index in [0.29, 0.717) is 19.0 Å². The van der Waals surface area contributed by atoms with Gasteiger partial charge in [-0.1, -0.05) is 0 Å². The lowest BCUT2D eigenvalue weighted by atomic mass is 10.3. The molecule has 0 fully saturated rings. The topological polar surface area (TPSA) is 42.2 Å². The van der Waals surface area contributed by atoms with E-state index in [1.165, 1.54) is 11.8 Å². The largest absolute Gasteiger partial charge is 0.490 e. The Balaban J connectivity index is 2.17. The van der Waals surface area contributed by atoms with Crippen LogP contribution in [0.4, 0.5) is 0 Å². The predicted molar refractivity (Wildman–Crippen MR) is 58.4 cm³/mol. The third-order valence-electron chi connectivity index (χ3n) is 2.02. The van der Waals surface area contributed by atoms with Crippen LogP contribution >= 0.6 is 11.8 Å². The summed E-state index contributed by atoms with van der Waals surface area (Å²) in [5.41, 5.74) is 0. The lowest BCUT2D eigenvalue weighted by molar-refractivity contribution is 0.297. The molecular formula is C11H11NO2S. The molecule has 0 unspecified atom stereocenters. The monoisotopic (exact) mass is 221 g/mol. The number of thioether (sulfide) groups is 1. The highest BCUT2D eigenvalue weighted by atomic mass is 32.2. The standard InChI is InChI=1S/C11H11NO2S/c12-4-7-15-9-2-3-10-11(8-9)14-6-1-5-13-10/h2-3,8H,1,5-7H2. The number of benzene rings is 1. The van der Waals surface area contributed by atoms with Gasteiger partial charge in [-0.25, -0.2) is 0 Å². The van der Waals surface area contributed by atoms with Gasteiger partial charge < -0.3 is 9.47 Å². The maximum Gasteiger partial charge on any atom is 0.162 e. The summed E-state index contributed by atoms with van der Waals surface area (Å²) in [6, 6.07) is 7.89. The average molecular weight is 221 g/mol. The lowest BCUT2D eigenvalue weighted by Crippen LogP contribution is -1.97. The molecular weight excluding hydrogens is 210 g/mol. The molecule has 15 heavy (non-hydrogen) atoms. The molecule has 2 rings (SSSR count). The van der Waals surface area contributed by atoms with Crippen LogP contribution in [0.3, 0.4) is 0 Å². The molecule has 0 radical (unpaired) electrons. The second kappa shape index (κ2) is 4.94. The quantitative estimate of drug-likeness (QED) is 0.719. The van der Waals surface area contributed by atoms with E-state index in [4.69, 9.17) is 14.7 Å². The van der Waals surface area contributed by atoms with Crippen LogP contribution in [0.2, 0.25) is 0 Å². The first-order valence-electron chi connectivity index (χ1n) is 4.79. The van der Waals surface area contributed by atoms with Crippen molar-refractivity contribution in [1.29, 1.82) is 5.26 Å². The minimum atomic E-state index is 0.458. The number of fused-ring (bicyclic) bond motifs is 1. The van der Waals surface area contributed by atoms with Crippen molar-refractivity contribution < 1.29 is 9.47 Å². The van der Waals surface area contributed by atoms with Crippen LogP contribution in [-0.2, 0) is 0 Å². The fraction of sp³-hybridized carbons (Fsp3) is 0.364. The van der Waals surface area contributed by atoms with Gasteiger partial charge in [0.05, 0.1) is 25.0 Å². The van der Waals surface area contributed by atoms with Gasteiger partial charge in [0.25, 0.3) is 0 Å². The van der Waals surface area contributed by atoms with E-state index in [-0.39, 0.29) is 0 Å². The number of nitrogens with zero attached hydrogens (tertiary/aromatic N) is 1. The lowest BCUT2D eigenvalue weighted by Gasteiger charge is -2.07. The molecule has 0 saturated heterocycles. The Hall–Kier alpha value is -1.34. The third kappa shape index (κ3) is 2.57. The summed E-state index contributed by atoms with van der Waals surface area (Å²) >= 11 is 1.50. The maximum absolute atomic E-state index is 8.48. The molecule has 1 aromatic rings. The second-order valence-corrected chi connectivity index (χ2v) is 4.15. The molecule has 0 amide bonds. The molecule has 1 heterocycles. The van der Waals surface area contributed by atoms with Gasteiger partial charge in [-0.2, -0.15) is 5.26 Å². The first kappa shape index (κ1) is 10.2. The summed E-state index contributed by atoms with van der Waals surface area (Å²) in [5.74, 6) is 2.05. The van der Waals surface area contributed by atoms with E-state index in [1.54, 1.807) is 0 Å². The SMILES string of the molecule is N#CCSc1ccc2c(c1)OCCCO2. The van der Waals surface area contributed by atoms with Crippen molar-refractivity contribution >= 4 is 11.8 Å². The zero-order valence-electron chi connectivity index (χ0n) is 8.23. The Bertz CT molecular complexity index is 387. The Morgan fingerprint density at radius 3 is 2.87 bits per heavy atom. The van der Waals surface area contributed by atoms with Gasteiger partial charge in [0.2, 0.25) is 0 Å². The van der Waals surface area contributed by atoms with Crippen molar-refractivity contribution in [1.82, 2.24) is 0 Å². The average Bonchev–Trinajstić information content (AvgIpc) is 2.50. The summed E-state index contributed by atoms with van der Waals surface area (Å²) in [7, 11) is 0. The fourth-order valence-corrected chi connectivity index (χ4v) is 1.93. The van der Waals surface area contributed by atoms with Crippen molar-refractivity contribution in [2.24, 2.45) is 0 Å². The highest BCUT2D eigenvalue weighted by Gasteiger charge is 2.10. The summed E-state index contributed by atoms with van der Waals surface area (Å²) in [5, 5.41) is 8.48. The molecule has 4 heteroatoms. The van der Waals surface area contributed by atoms with E-state index in [0.717, 1.165) is 22.8 Å². The van der Waals surface area contributed by atoms with Gasteiger partial charge in [-0.15, -0.1) is 11.8 Å². The van der Waals surface area contributed by atoms with Crippen LogP contribution in [0.25, 0.3) is 0 Å². The Labute approximate surface area is 93.0 Å². The number of nitriles is 1. The molecule has 1 aliphatic heterocycles. The molecule has 1 aromatic carbocycles. The smallest absolute Gasteiger partial charge is 0.162 e. The summed E-state index contributed by atoms with van der Waals surface area (Å²) in [4.78, 5) is 1.04. The van der Waals surface area contributed by atoms with Gasteiger partial charge >= 0.3 is 0 Å². The number of ether oxygens (including phenoxy) is 2. The van der Waals surface area contributed by atoms with Crippen LogP contribution in [0, 0.1) is 11.3 Å². The number of rotatable bonds is 2. The predicted octanol–water partition coefficient (Wildman–Crippen LogP) is 2.46. The molecule has 0 aromatic heterocycles. The number of hydrogen-bond acceptors (Lipinski definition) is 4. The first-order chi connectivity index (χ1) is 7.40. The van der Waals surface area contributed by atoms with Gasteiger partial charge in [-0.05, 0) is 18.2 Å². The Morgan fingerprint density at radius 2 is 2.07 bits per heavy atom. The molecule has 3 nitrogen and oxygen atoms in total. The van der Waals surface area contributed by atoms with E-state index in [9.17, 15) is 0 Å². The van der Waals surface area contributed by atoms with E-state index < -0.39 is 0 Å². The third-order valence-corrected chi connectivity index (χ3v) is 2.88. The molecule has 0 saturated carbocycles. The van der Waals surface area contributed by atoms with E-state index >= 15 is 0 Å².